The first-order valence-corrected chi connectivity index (χ1v) is 10.4. The number of nitrogens with one attached hydrogen (secondary N) is 2. The molecule has 0 saturated carbocycles. The minimum Gasteiger partial charge on any atom is -0.445 e. The molecule has 0 bridgehead atoms. The zero-order valence-corrected chi connectivity index (χ0v) is 17.8. The molecule has 2 atom stereocenters. The fourth-order valence-corrected chi connectivity index (χ4v) is 2.94. The smallest absolute Gasteiger partial charge is 0.408 e. The van der Waals surface area contributed by atoms with E-state index in [0.29, 0.717) is 12.8 Å². The molecule has 1 aromatic rings. The monoisotopic (exact) mass is 405 g/mol. The van der Waals surface area contributed by atoms with Crippen LogP contribution in [0.15, 0.2) is 30.3 Å². The van der Waals surface area contributed by atoms with Gasteiger partial charge in [-0.2, -0.15) is 0 Å². The molecular formula is C22H35N3O4. The highest BCUT2D eigenvalue weighted by molar-refractivity contribution is 5.90. The van der Waals surface area contributed by atoms with Gasteiger partial charge in [-0.1, -0.05) is 76.8 Å². The maximum atomic E-state index is 12.7. The van der Waals surface area contributed by atoms with Crippen molar-refractivity contribution in [2.24, 2.45) is 11.7 Å². The van der Waals surface area contributed by atoms with Gasteiger partial charge < -0.3 is 21.1 Å². The summed E-state index contributed by atoms with van der Waals surface area (Å²) < 4.78 is 5.21. The number of amides is 3. The molecule has 0 heterocycles. The van der Waals surface area contributed by atoms with Gasteiger partial charge in [0.15, 0.2) is 0 Å². The zero-order valence-electron chi connectivity index (χ0n) is 17.8. The minimum absolute atomic E-state index is 0.115. The van der Waals surface area contributed by atoms with Gasteiger partial charge >= 0.3 is 6.09 Å². The van der Waals surface area contributed by atoms with Crippen molar-refractivity contribution in [1.82, 2.24) is 10.6 Å². The lowest BCUT2D eigenvalue weighted by molar-refractivity contribution is -0.129. The van der Waals surface area contributed by atoms with Crippen LogP contribution in [0.4, 0.5) is 4.79 Å². The summed E-state index contributed by atoms with van der Waals surface area (Å²) in [7, 11) is 0. The highest BCUT2D eigenvalue weighted by atomic mass is 16.5. The molecule has 0 aliphatic carbocycles. The predicted molar refractivity (Wildman–Crippen MR) is 113 cm³/mol. The van der Waals surface area contributed by atoms with Crippen LogP contribution in [0, 0.1) is 5.92 Å². The summed E-state index contributed by atoms with van der Waals surface area (Å²) >= 11 is 0. The van der Waals surface area contributed by atoms with Crippen LogP contribution in [0.2, 0.25) is 0 Å². The fraction of sp³-hybridized carbons (Fsp3) is 0.591. The SMILES string of the molecule is CCCCCC[C@H](NC(=O)[C@H](CC(C)C)NC(=O)OCc1ccccc1)C(N)=O. The molecule has 7 nitrogen and oxygen atoms in total. The molecule has 0 aliphatic heterocycles. The van der Waals surface area contributed by atoms with E-state index in [9.17, 15) is 14.4 Å². The van der Waals surface area contributed by atoms with Gasteiger partial charge in [-0.15, -0.1) is 0 Å². The first-order valence-electron chi connectivity index (χ1n) is 10.4. The Hall–Kier alpha value is -2.57. The second-order valence-electron chi connectivity index (χ2n) is 7.70. The van der Waals surface area contributed by atoms with Crippen LogP contribution in [0.1, 0.15) is 64.9 Å². The Balaban J connectivity index is 2.62. The number of unbranched alkanes of at least 4 members (excludes halogenated alkanes) is 3. The van der Waals surface area contributed by atoms with E-state index in [2.05, 4.69) is 17.6 Å². The Morgan fingerprint density at radius 1 is 1.00 bits per heavy atom. The molecule has 4 N–H and O–H groups in total. The maximum Gasteiger partial charge on any atom is 0.408 e. The zero-order chi connectivity index (χ0) is 21.6. The van der Waals surface area contributed by atoms with E-state index in [0.717, 1.165) is 31.2 Å². The third-order valence-corrected chi connectivity index (χ3v) is 4.53. The van der Waals surface area contributed by atoms with Crippen molar-refractivity contribution < 1.29 is 19.1 Å². The molecule has 0 spiro atoms. The summed E-state index contributed by atoms with van der Waals surface area (Å²) in [5.74, 6) is -0.823. The number of hydrogen-bond donors (Lipinski definition) is 3. The van der Waals surface area contributed by atoms with E-state index in [4.69, 9.17) is 10.5 Å². The quantitative estimate of drug-likeness (QED) is 0.437. The molecule has 0 aliphatic rings. The van der Waals surface area contributed by atoms with Gasteiger partial charge in [-0.3, -0.25) is 9.59 Å². The number of carbonyl (C=O) groups excluding carboxylic acids is 3. The van der Waals surface area contributed by atoms with E-state index < -0.39 is 30.0 Å². The maximum absolute atomic E-state index is 12.7. The van der Waals surface area contributed by atoms with Gasteiger partial charge in [0.2, 0.25) is 11.8 Å². The van der Waals surface area contributed by atoms with Gasteiger partial charge in [-0.25, -0.2) is 4.79 Å². The molecule has 7 heteroatoms. The second-order valence-corrected chi connectivity index (χ2v) is 7.70. The molecule has 162 valence electrons. The summed E-state index contributed by atoms with van der Waals surface area (Å²) in [4.78, 5) is 36.6. The third-order valence-electron chi connectivity index (χ3n) is 4.53. The van der Waals surface area contributed by atoms with Crippen LogP contribution in [0.5, 0.6) is 0 Å². The Kier molecular flexibility index (Phi) is 11.5. The van der Waals surface area contributed by atoms with Crippen LogP contribution < -0.4 is 16.4 Å². The van der Waals surface area contributed by atoms with E-state index in [-0.39, 0.29) is 12.5 Å². The van der Waals surface area contributed by atoms with Crippen LogP contribution in [0.3, 0.4) is 0 Å². The topological polar surface area (TPSA) is 111 Å². The average Bonchev–Trinajstić information content (AvgIpc) is 2.68. The molecule has 0 unspecified atom stereocenters. The number of alkyl carbamates (subject to hydrolysis) is 1. The van der Waals surface area contributed by atoms with Crippen LogP contribution in [0.25, 0.3) is 0 Å². The third kappa shape index (κ3) is 10.5. The van der Waals surface area contributed by atoms with Crippen LogP contribution in [-0.4, -0.2) is 30.0 Å². The lowest BCUT2D eigenvalue weighted by Gasteiger charge is -2.23. The first kappa shape index (κ1) is 24.5. The van der Waals surface area contributed by atoms with E-state index in [1.165, 1.54) is 0 Å². The van der Waals surface area contributed by atoms with Crippen molar-refractivity contribution in [3.8, 4) is 0 Å². The van der Waals surface area contributed by atoms with Crippen molar-refractivity contribution in [2.75, 3.05) is 0 Å². The number of hydrogen-bond acceptors (Lipinski definition) is 4. The van der Waals surface area contributed by atoms with E-state index >= 15 is 0 Å². The predicted octanol–water partition coefficient (Wildman–Crippen LogP) is 3.27. The number of nitrogens with two attached hydrogens (primary N) is 1. The minimum atomic E-state index is -0.796. The molecule has 0 radical (unpaired) electrons. The van der Waals surface area contributed by atoms with Gasteiger partial charge in [0, 0.05) is 0 Å². The normalized spacial score (nSPS) is 12.8. The standard InChI is InChI=1S/C22H35N3O4/c1-4-5-6-10-13-18(20(23)26)24-21(27)19(14-16(2)3)25-22(28)29-15-17-11-8-7-9-12-17/h7-9,11-12,16,18-19H,4-6,10,13-15H2,1-3H3,(H2,23,26)(H,24,27)(H,25,28)/t18-,19-/m0/s1. The molecule has 1 aromatic carbocycles. The van der Waals surface area contributed by atoms with Crippen molar-refractivity contribution in [3.63, 3.8) is 0 Å². The van der Waals surface area contributed by atoms with Crippen molar-refractivity contribution >= 4 is 17.9 Å². The number of carbonyl (C=O) groups is 3. The van der Waals surface area contributed by atoms with Gasteiger partial charge in [0.25, 0.3) is 0 Å². The molecule has 0 aromatic heterocycles. The Labute approximate surface area is 173 Å². The number of benzene rings is 1. The Morgan fingerprint density at radius 3 is 2.28 bits per heavy atom. The number of ether oxygens (including phenoxy) is 1. The first-order chi connectivity index (χ1) is 13.8. The van der Waals surface area contributed by atoms with Crippen LogP contribution in [-0.2, 0) is 20.9 Å². The summed E-state index contributed by atoms with van der Waals surface area (Å²) in [5, 5.41) is 5.31. The van der Waals surface area contributed by atoms with E-state index in [1.54, 1.807) is 0 Å². The van der Waals surface area contributed by atoms with Gasteiger partial charge in [-0.05, 0) is 24.3 Å². The highest BCUT2D eigenvalue weighted by Crippen LogP contribution is 2.09. The molecule has 0 saturated heterocycles. The van der Waals surface area contributed by atoms with Crippen molar-refractivity contribution in [2.45, 2.75) is 78.0 Å². The average molecular weight is 406 g/mol. The fourth-order valence-electron chi connectivity index (χ4n) is 2.94. The summed E-state index contributed by atoms with van der Waals surface area (Å²) in [6, 6.07) is 7.76. The summed E-state index contributed by atoms with van der Waals surface area (Å²) in [6.45, 7) is 6.12. The number of primary amides is 1. The number of rotatable bonds is 13. The largest absolute Gasteiger partial charge is 0.445 e. The van der Waals surface area contributed by atoms with Gasteiger partial charge in [0.1, 0.15) is 18.7 Å². The second kappa shape index (κ2) is 13.6. The molecule has 29 heavy (non-hydrogen) atoms. The Bertz CT molecular complexity index is 634. The summed E-state index contributed by atoms with van der Waals surface area (Å²) in [6.07, 6.45) is 4.19. The molecule has 1 rings (SSSR count). The van der Waals surface area contributed by atoms with Crippen LogP contribution >= 0.6 is 0 Å². The molecule has 0 fully saturated rings. The van der Waals surface area contributed by atoms with E-state index in [1.807, 2.05) is 44.2 Å². The van der Waals surface area contributed by atoms with Crippen molar-refractivity contribution in [3.05, 3.63) is 35.9 Å². The summed E-state index contributed by atoms with van der Waals surface area (Å²) in [5.41, 5.74) is 6.30. The highest BCUT2D eigenvalue weighted by Gasteiger charge is 2.26. The lowest BCUT2D eigenvalue weighted by atomic mass is 10.0. The Morgan fingerprint density at radius 2 is 1.69 bits per heavy atom. The molecule has 3 amide bonds. The lowest BCUT2D eigenvalue weighted by Crippen LogP contribution is -2.53. The van der Waals surface area contributed by atoms with Gasteiger partial charge in [0.05, 0.1) is 0 Å². The molecular weight excluding hydrogens is 370 g/mol. The van der Waals surface area contributed by atoms with Crippen molar-refractivity contribution in [1.29, 1.82) is 0 Å².